The fraction of sp³-hybridized carbons (Fsp3) is 0.214. The molecule has 7 heteroatoms. The molecule has 0 radical (unpaired) electrons. The lowest BCUT2D eigenvalue weighted by atomic mass is 9.94. The second kappa shape index (κ2) is 9.93. The quantitative estimate of drug-likeness (QED) is 0.294. The van der Waals surface area contributed by atoms with Crippen molar-refractivity contribution in [1.82, 2.24) is 0 Å². The van der Waals surface area contributed by atoms with Crippen LogP contribution in [0, 0.1) is 6.92 Å². The number of aliphatic hydroxyl groups excluding tert-OH is 1. The molecule has 3 aromatic carbocycles. The number of anilines is 1. The fourth-order valence-corrected chi connectivity index (χ4v) is 4.20. The van der Waals surface area contributed by atoms with Crippen molar-refractivity contribution in [3.8, 4) is 17.2 Å². The normalized spacial score (nSPS) is 16.9. The van der Waals surface area contributed by atoms with Crippen molar-refractivity contribution < 1.29 is 28.9 Å². The lowest BCUT2D eigenvalue weighted by Gasteiger charge is -2.26. The van der Waals surface area contributed by atoms with Gasteiger partial charge in [0.15, 0.2) is 0 Å². The van der Waals surface area contributed by atoms with E-state index in [1.54, 1.807) is 54.6 Å². The molecule has 0 aliphatic carbocycles. The van der Waals surface area contributed by atoms with Gasteiger partial charge in [0.25, 0.3) is 11.7 Å². The van der Waals surface area contributed by atoms with Crippen LogP contribution in [-0.2, 0) is 9.59 Å². The molecule has 1 aliphatic rings. The molecule has 180 valence electrons. The van der Waals surface area contributed by atoms with Crippen molar-refractivity contribution in [3.05, 3.63) is 89.0 Å². The van der Waals surface area contributed by atoms with E-state index in [4.69, 9.17) is 14.2 Å². The van der Waals surface area contributed by atoms with E-state index in [1.165, 1.54) is 19.1 Å². The van der Waals surface area contributed by atoms with Gasteiger partial charge in [-0.2, -0.15) is 0 Å². The van der Waals surface area contributed by atoms with Crippen molar-refractivity contribution in [1.29, 1.82) is 0 Å². The molecule has 1 atom stereocenters. The van der Waals surface area contributed by atoms with Gasteiger partial charge in [0, 0.05) is 11.8 Å². The topological polar surface area (TPSA) is 85.3 Å². The summed E-state index contributed by atoms with van der Waals surface area (Å²) in [5.41, 5.74) is 2.44. The standard InChI is InChI=1S/C28H27NO6/c1-5-35-21-8-6-7-18(15-21)25-24(26(30)22-14-13-20(33-3)16-23(22)34-4)27(31)28(32)29(25)19-11-9-17(2)10-12-19/h6-16,25,30H,5H2,1-4H3/b26-24+. The Morgan fingerprint density at radius 1 is 0.943 bits per heavy atom. The molecular formula is C28H27NO6. The molecule has 1 saturated heterocycles. The van der Waals surface area contributed by atoms with E-state index in [2.05, 4.69) is 0 Å². The lowest BCUT2D eigenvalue weighted by Crippen LogP contribution is -2.29. The minimum atomic E-state index is -0.870. The van der Waals surface area contributed by atoms with Gasteiger partial charge < -0.3 is 19.3 Å². The van der Waals surface area contributed by atoms with Gasteiger partial charge in [-0.05, 0) is 55.8 Å². The Morgan fingerprint density at radius 2 is 1.69 bits per heavy atom. The molecule has 1 unspecified atom stereocenters. The van der Waals surface area contributed by atoms with Crippen molar-refractivity contribution in [2.75, 3.05) is 25.7 Å². The molecule has 1 N–H and O–H groups in total. The Hall–Kier alpha value is -4.26. The van der Waals surface area contributed by atoms with Crippen LogP contribution in [-0.4, -0.2) is 37.6 Å². The first-order valence-electron chi connectivity index (χ1n) is 11.2. The Labute approximate surface area is 204 Å². The Balaban J connectivity index is 1.96. The van der Waals surface area contributed by atoms with Crippen LogP contribution in [0.4, 0.5) is 5.69 Å². The number of methoxy groups -OCH3 is 2. The van der Waals surface area contributed by atoms with Gasteiger partial charge in [-0.3, -0.25) is 14.5 Å². The van der Waals surface area contributed by atoms with Gasteiger partial charge in [0.1, 0.15) is 23.0 Å². The first-order valence-corrected chi connectivity index (χ1v) is 11.2. The third-order valence-electron chi connectivity index (χ3n) is 5.91. The zero-order chi connectivity index (χ0) is 25.1. The van der Waals surface area contributed by atoms with Crippen molar-refractivity contribution in [2.24, 2.45) is 0 Å². The molecule has 1 aliphatic heterocycles. The summed E-state index contributed by atoms with van der Waals surface area (Å²) in [4.78, 5) is 28.1. The van der Waals surface area contributed by atoms with E-state index in [0.717, 1.165) is 5.56 Å². The number of carbonyl (C=O) groups is 2. The van der Waals surface area contributed by atoms with Crippen LogP contribution in [0.1, 0.15) is 29.7 Å². The molecule has 1 heterocycles. The van der Waals surface area contributed by atoms with Gasteiger partial charge >= 0.3 is 0 Å². The van der Waals surface area contributed by atoms with Crippen LogP contribution in [0.2, 0.25) is 0 Å². The van der Waals surface area contributed by atoms with E-state index in [9.17, 15) is 14.7 Å². The Kier molecular flexibility index (Phi) is 6.78. The molecule has 7 nitrogen and oxygen atoms in total. The first kappa shape index (κ1) is 23.9. The number of rotatable bonds is 7. The van der Waals surface area contributed by atoms with Crippen LogP contribution >= 0.6 is 0 Å². The number of Topliss-reactive ketones (excluding diaryl/α,β-unsaturated/α-hetero) is 1. The molecule has 0 spiro atoms. The molecule has 1 fully saturated rings. The fourth-order valence-electron chi connectivity index (χ4n) is 4.20. The number of aliphatic hydroxyl groups is 1. The highest BCUT2D eigenvalue weighted by molar-refractivity contribution is 6.51. The van der Waals surface area contributed by atoms with E-state index < -0.39 is 17.7 Å². The summed E-state index contributed by atoms with van der Waals surface area (Å²) in [7, 11) is 2.98. The minimum Gasteiger partial charge on any atom is -0.507 e. The number of ether oxygens (including phenoxy) is 3. The molecule has 35 heavy (non-hydrogen) atoms. The predicted octanol–water partition coefficient (Wildman–Crippen LogP) is 5.04. The van der Waals surface area contributed by atoms with Crippen LogP contribution in [0.5, 0.6) is 17.2 Å². The molecule has 4 rings (SSSR count). The van der Waals surface area contributed by atoms with E-state index in [-0.39, 0.29) is 16.9 Å². The Bertz CT molecular complexity index is 1300. The largest absolute Gasteiger partial charge is 0.507 e. The van der Waals surface area contributed by atoms with Crippen molar-refractivity contribution in [3.63, 3.8) is 0 Å². The summed E-state index contributed by atoms with van der Waals surface area (Å²) in [6, 6.07) is 18.5. The number of amides is 1. The molecule has 0 aromatic heterocycles. The summed E-state index contributed by atoms with van der Waals surface area (Å²) in [6.45, 7) is 4.28. The van der Waals surface area contributed by atoms with E-state index in [1.807, 2.05) is 26.0 Å². The summed E-state index contributed by atoms with van der Waals surface area (Å²) >= 11 is 0. The van der Waals surface area contributed by atoms with Crippen LogP contribution in [0.3, 0.4) is 0 Å². The highest BCUT2D eigenvalue weighted by atomic mass is 16.5. The van der Waals surface area contributed by atoms with Gasteiger partial charge in [-0.25, -0.2) is 0 Å². The van der Waals surface area contributed by atoms with Crippen molar-refractivity contribution in [2.45, 2.75) is 19.9 Å². The van der Waals surface area contributed by atoms with Crippen LogP contribution < -0.4 is 19.1 Å². The number of hydrogen-bond acceptors (Lipinski definition) is 6. The number of aryl methyl sites for hydroxylation is 1. The highest BCUT2D eigenvalue weighted by Gasteiger charge is 2.47. The third kappa shape index (κ3) is 4.45. The molecular weight excluding hydrogens is 446 g/mol. The molecule has 0 saturated carbocycles. The zero-order valence-electron chi connectivity index (χ0n) is 20.1. The number of ketones is 1. The second-order valence-corrected chi connectivity index (χ2v) is 8.08. The van der Waals surface area contributed by atoms with Gasteiger partial charge in [0.05, 0.1) is 38.0 Å². The van der Waals surface area contributed by atoms with Gasteiger partial charge in [-0.1, -0.05) is 29.8 Å². The third-order valence-corrected chi connectivity index (χ3v) is 5.91. The van der Waals surface area contributed by atoms with E-state index >= 15 is 0 Å². The second-order valence-electron chi connectivity index (χ2n) is 8.08. The predicted molar refractivity (Wildman–Crippen MR) is 133 cm³/mol. The average molecular weight is 474 g/mol. The molecule has 0 bridgehead atoms. The minimum absolute atomic E-state index is 0.0345. The Morgan fingerprint density at radius 3 is 2.34 bits per heavy atom. The average Bonchev–Trinajstić information content (AvgIpc) is 3.14. The monoisotopic (exact) mass is 473 g/mol. The smallest absolute Gasteiger partial charge is 0.300 e. The maximum absolute atomic E-state index is 13.4. The SMILES string of the molecule is CCOc1cccc(C2/C(=C(\O)c3ccc(OC)cc3OC)C(=O)C(=O)N2c2ccc(C)cc2)c1. The number of hydrogen-bond donors (Lipinski definition) is 1. The summed E-state index contributed by atoms with van der Waals surface area (Å²) in [5.74, 6) is -0.405. The molecule has 1 amide bonds. The number of nitrogens with zero attached hydrogens (tertiary/aromatic N) is 1. The summed E-state index contributed by atoms with van der Waals surface area (Å²) in [5, 5.41) is 11.4. The van der Waals surface area contributed by atoms with Crippen LogP contribution in [0.15, 0.2) is 72.3 Å². The molecule has 3 aromatic rings. The van der Waals surface area contributed by atoms with Gasteiger partial charge in [-0.15, -0.1) is 0 Å². The van der Waals surface area contributed by atoms with Crippen LogP contribution in [0.25, 0.3) is 5.76 Å². The van der Waals surface area contributed by atoms with E-state index in [0.29, 0.717) is 35.1 Å². The summed E-state index contributed by atoms with van der Waals surface area (Å²) in [6.07, 6.45) is 0. The lowest BCUT2D eigenvalue weighted by molar-refractivity contribution is -0.132. The van der Waals surface area contributed by atoms with Crippen molar-refractivity contribution >= 4 is 23.1 Å². The number of benzene rings is 3. The summed E-state index contributed by atoms with van der Waals surface area (Å²) < 4.78 is 16.3. The number of carbonyl (C=O) groups excluding carboxylic acids is 2. The highest BCUT2D eigenvalue weighted by Crippen LogP contribution is 2.44. The first-order chi connectivity index (χ1) is 16.9. The maximum Gasteiger partial charge on any atom is 0.300 e. The maximum atomic E-state index is 13.4. The van der Waals surface area contributed by atoms with Gasteiger partial charge in [0.2, 0.25) is 0 Å². The zero-order valence-corrected chi connectivity index (χ0v) is 20.1.